The molecule has 1 heterocycles. The molecule has 19 heavy (non-hydrogen) atoms. The van der Waals surface area contributed by atoms with Gasteiger partial charge < -0.3 is 9.67 Å². The minimum atomic E-state index is -3.60. The van der Waals surface area contributed by atoms with E-state index in [0.29, 0.717) is 18.4 Å². The number of hydrogen-bond donors (Lipinski definition) is 1. The summed E-state index contributed by atoms with van der Waals surface area (Å²) in [4.78, 5) is 11.0. The van der Waals surface area contributed by atoms with E-state index in [4.69, 9.17) is 5.11 Å². The van der Waals surface area contributed by atoms with E-state index in [2.05, 4.69) is 6.92 Å². The van der Waals surface area contributed by atoms with Gasteiger partial charge in [0.1, 0.15) is 10.6 Å². The predicted molar refractivity (Wildman–Crippen MR) is 69.5 cm³/mol. The zero-order chi connectivity index (χ0) is 14.4. The fourth-order valence-corrected chi connectivity index (χ4v) is 3.45. The highest BCUT2D eigenvalue weighted by molar-refractivity contribution is 7.89. The molecule has 7 heteroatoms. The lowest BCUT2D eigenvalue weighted by Gasteiger charge is -2.15. The van der Waals surface area contributed by atoms with Crippen molar-refractivity contribution in [3.63, 3.8) is 0 Å². The highest BCUT2D eigenvalue weighted by atomic mass is 32.2. The Bertz CT molecular complexity index is 605. The Morgan fingerprint density at radius 2 is 2.16 bits per heavy atom. The van der Waals surface area contributed by atoms with Crippen LogP contribution in [0, 0.1) is 11.8 Å². The topological polar surface area (TPSA) is 79.6 Å². The van der Waals surface area contributed by atoms with E-state index in [-0.39, 0.29) is 10.6 Å². The van der Waals surface area contributed by atoms with Crippen LogP contribution in [0.4, 0.5) is 0 Å². The Balaban J connectivity index is 2.23. The second-order valence-corrected chi connectivity index (χ2v) is 7.28. The van der Waals surface area contributed by atoms with Crippen LogP contribution in [0.15, 0.2) is 17.2 Å². The summed E-state index contributed by atoms with van der Waals surface area (Å²) in [5.41, 5.74) is -0.0354. The molecule has 6 nitrogen and oxygen atoms in total. The number of hydrogen-bond acceptors (Lipinski definition) is 3. The first-order valence-electron chi connectivity index (χ1n) is 6.09. The van der Waals surface area contributed by atoms with Gasteiger partial charge in [-0.3, -0.25) is 0 Å². The number of aromatic nitrogens is 1. The summed E-state index contributed by atoms with van der Waals surface area (Å²) in [6.45, 7) is 2.58. The molecule has 0 spiro atoms. The van der Waals surface area contributed by atoms with Gasteiger partial charge in [-0.05, 0) is 24.3 Å². The molecule has 1 aromatic heterocycles. The van der Waals surface area contributed by atoms with E-state index >= 15 is 0 Å². The van der Waals surface area contributed by atoms with Crippen molar-refractivity contribution in [3.8, 4) is 0 Å². The number of aromatic carboxylic acids is 1. The van der Waals surface area contributed by atoms with Crippen LogP contribution in [0.2, 0.25) is 0 Å². The first-order valence-corrected chi connectivity index (χ1v) is 7.53. The third-order valence-electron chi connectivity index (χ3n) is 3.67. The highest BCUT2D eigenvalue weighted by Gasteiger charge is 2.36. The number of carboxylic acid groups (broad SMARTS) is 1. The van der Waals surface area contributed by atoms with E-state index < -0.39 is 16.0 Å². The maximum atomic E-state index is 12.3. The van der Waals surface area contributed by atoms with Crippen LogP contribution in [-0.2, 0) is 17.1 Å². The summed E-state index contributed by atoms with van der Waals surface area (Å²) >= 11 is 0. The van der Waals surface area contributed by atoms with Gasteiger partial charge in [0, 0.05) is 26.8 Å². The standard InChI is InChI=1S/C12H18N2O4S/c1-8-4-9(8)6-14(3)19(17,18)10-5-11(12(15)16)13(2)7-10/h5,7-9H,4,6H2,1-3H3,(H,15,16). The number of nitrogens with zero attached hydrogens (tertiary/aromatic N) is 2. The van der Waals surface area contributed by atoms with Gasteiger partial charge >= 0.3 is 5.97 Å². The van der Waals surface area contributed by atoms with Crippen molar-refractivity contribution >= 4 is 16.0 Å². The van der Waals surface area contributed by atoms with Crippen LogP contribution < -0.4 is 0 Å². The van der Waals surface area contributed by atoms with Gasteiger partial charge in [0.05, 0.1) is 0 Å². The molecule has 2 rings (SSSR count). The molecule has 1 fully saturated rings. The third kappa shape index (κ3) is 2.66. The predicted octanol–water partition coefficient (Wildman–Crippen LogP) is 1.000. The number of carboxylic acids is 1. The first kappa shape index (κ1) is 14.1. The zero-order valence-electron chi connectivity index (χ0n) is 11.2. The van der Waals surface area contributed by atoms with Crippen LogP contribution >= 0.6 is 0 Å². The molecule has 1 N–H and O–H groups in total. The SMILES string of the molecule is CC1CC1CN(C)S(=O)(=O)c1cc(C(=O)O)n(C)c1. The molecule has 1 aromatic rings. The van der Waals surface area contributed by atoms with Gasteiger partial charge in [0.2, 0.25) is 10.0 Å². The Morgan fingerprint density at radius 1 is 1.58 bits per heavy atom. The van der Waals surface area contributed by atoms with Gasteiger partial charge in [-0.25, -0.2) is 17.5 Å². The van der Waals surface area contributed by atoms with E-state index in [1.165, 1.54) is 35.2 Å². The molecule has 1 saturated carbocycles. The average Bonchev–Trinajstić information content (AvgIpc) is 2.84. The van der Waals surface area contributed by atoms with Crippen molar-refractivity contribution in [1.29, 1.82) is 0 Å². The largest absolute Gasteiger partial charge is 0.477 e. The summed E-state index contributed by atoms with van der Waals surface area (Å²) in [6.07, 6.45) is 2.39. The minimum Gasteiger partial charge on any atom is -0.477 e. The van der Waals surface area contributed by atoms with Crippen molar-refractivity contribution in [3.05, 3.63) is 18.0 Å². The van der Waals surface area contributed by atoms with Crippen molar-refractivity contribution in [2.24, 2.45) is 18.9 Å². The molecule has 0 amide bonds. The molecular weight excluding hydrogens is 268 g/mol. The molecule has 2 atom stereocenters. The van der Waals surface area contributed by atoms with Crippen molar-refractivity contribution in [2.45, 2.75) is 18.2 Å². The quantitative estimate of drug-likeness (QED) is 0.875. The highest BCUT2D eigenvalue weighted by Crippen LogP contribution is 2.38. The lowest BCUT2D eigenvalue weighted by atomic mass is 10.3. The molecule has 0 radical (unpaired) electrons. The maximum Gasteiger partial charge on any atom is 0.352 e. The molecule has 0 aliphatic heterocycles. The molecule has 106 valence electrons. The maximum absolute atomic E-state index is 12.3. The molecule has 1 aliphatic rings. The second kappa shape index (κ2) is 4.64. The molecule has 0 aromatic carbocycles. The van der Waals surface area contributed by atoms with E-state index in [9.17, 15) is 13.2 Å². The molecule has 0 bridgehead atoms. The Kier molecular flexibility index (Phi) is 3.44. The number of sulfonamides is 1. The van der Waals surface area contributed by atoms with Crippen LogP contribution in [-0.4, -0.2) is 42.0 Å². The summed E-state index contributed by atoms with van der Waals surface area (Å²) in [6, 6.07) is 1.20. The van der Waals surface area contributed by atoms with Crippen LogP contribution in [0.5, 0.6) is 0 Å². The molecular formula is C12H18N2O4S. The average molecular weight is 286 g/mol. The summed E-state index contributed by atoms with van der Waals surface area (Å²) < 4.78 is 27.2. The number of carbonyl (C=O) groups is 1. The molecule has 1 aliphatic carbocycles. The summed E-state index contributed by atoms with van der Waals surface area (Å²) in [7, 11) is -0.549. The van der Waals surface area contributed by atoms with Gasteiger partial charge in [-0.2, -0.15) is 0 Å². The summed E-state index contributed by atoms with van der Waals surface area (Å²) in [5.74, 6) is -0.146. The molecule has 2 unspecified atom stereocenters. The van der Waals surface area contributed by atoms with E-state index in [0.717, 1.165) is 6.42 Å². The first-order chi connectivity index (χ1) is 8.73. The zero-order valence-corrected chi connectivity index (χ0v) is 12.0. The van der Waals surface area contributed by atoms with Crippen molar-refractivity contribution in [1.82, 2.24) is 8.87 Å². The van der Waals surface area contributed by atoms with Gasteiger partial charge in [0.25, 0.3) is 0 Å². The Morgan fingerprint density at radius 3 is 2.58 bits per heavy atom. The van der Waals surface area contributed by atoms with Gasteiger partial charge in [-0.1, -0.05) is 6.92 Å². The van der Waals surface area contributed by atoms with Gasteiger partial charge in [-0.15, -0.1) is 0 Å². The lowest BCUT2D eigenvalue weighted by Crippen LogP contribution is -2.29. The molecule has 0 saturated heterocycles. The van der Waals surface area contributed by atoms with Crippen molar-refractivity contribution < 1.29 is 18.3 Å². The van der Waals surface area contributed by atoms with Gasteiger partial charge in [0.15, 0.2) is 0 Å². The Hall–Kier alpha value is -1.34. The van der Waals surface area contributed by atoms with E-state index in [1.807, 2.05) is 0 Å². The van der Waals surface area contributed by atoms with Crippen LogP contribution in [0.1, 0.15) is 23.8 Å². The monoisotopic (exact) mass is 286 g/mol. The Labute approximate surface area is 112 Å². The normalized spacial score (nSPS) is 22.7. The fraction of sp³-hybridized carbons (Fsp3) is 0.583. The fourth-order valence-electron chi connectivity index (χ4n) is 2.15. The summed E-state index contributed by atoms with van der Waals surface area (Å²) in [5, 5.41) is 8.94. The van der Waals surface area contributed by atoms with Crippen molar-refractivity contribution in [2.75, 3.05) is 13.6 Å². The van der Waals surface area contributed by atoms with E-state index in [1.54, 1.807) is 0 Å². The third-order valence-corrected chi connectivity index (χ3v) is 5.46. The second-order valence-electron chi connectivity index (χ2n) is 5.24. The lowest BCUT2D eigenvalue weighted by molar-refractivity contribution is 0.0686. The number of aryl methyl sites for hydroxylation is 1. The van der Waals surface area contributed by atoms with Crippen LogP contribution in [0.25, 0.3) is 0 Å². The number of rotatable bonds is 5. The van der Waals surface area contributed by atoms with Crippen LogP contribution in [0.3, 0.4) is 0 Å². The minimum absolute atomic E-state index is 0.0307. The smallest absolute Gasteiger partial charge is 0.352 e.